The van der Waals surface area contributed by atoms with Crippen LogP contribution in [0.4, 0.5) is 0 Å². The van der Waals surface area contributed by atoms with Gasteiger partial charge in [-0.25, -0.2) is 0 Å². The zero-order chi connectivity index (χ0) is 15.8. The number of nitriles is 1. The fourth-order valence-corrected chi connectivity index (χ4v) is 2.76. The summed E-state index contributed by atoms with van der Waals surface area (Å²) in [6, 6.07) is 17.6. The van der Waals surface area contributed by atoms with Gasteiger partial charge in [0.15, 0.2) is 5.17 Å². The third-order valence-corrected chi connectivity index (χ3v) is 4.26. The van der Waals surface area contributed by atoms with Crippen LogP contribution >= 0.6 is 27.7 Å². The summed E-state index contributed by atoms with van der Waals surface area (Å²) in [5.74, 6) is 0.742. The molecule has 0 saturated carbocycles. The number of nitrogens with zero attached hydrogens (tertiary/aromatic N) is 3. The van der Waals surface area contributed by atoms with Crippen LogP contribution in [0.2, 0.25) is 0 Å². The van der Waals surface area contributed by atoms with E-state index in [9.17, 15) is 0 Å². The Hall–Kier alpha value is -2.10. The molecule has 0 unspecified atom stereocenters. The van der Waals surface area contributed by atoms with Crippen LogP contribution in [0.25, 0.3) is 0 Å². The summed E-state index contributed by atoms with van der Waals surface area (Å²) in [6.45, 7) is 0. The highest BCUT2D eigenvalue weighted by atomic mass is 79.9. The van der Waals surface area contributed by atoms with Gasteiger partial charge in [-0.2, -0.15) is 10.4 Å². The Morgan fingerprint density at radius 1 is 1.23 bits per heavy atom. The average molecular weight is 373 g/mol. The number of benzene rings is 2. The number of hydrogen-bond acceptors (Lipinski definition) is 4. The zero-order valence-electron chi connectivity index (χ0n) is 11.6. The van der Waals surface area contributed by atoms with E-state index in [0.717, 1.165) is 10.2 Å². The number of amidine groups is 1. The van der Waals surface area contributed by atoms with Gasteiger partial charge < -0.3 is 5.73 Å². The lowest BCUT2D eigenvalue weighted by molar-refractivity contribution is 1.25. The largest absolute Gasteiger partial charge is 0.377 e. The molecule has 0 aromatic heterocycles. The first-order valence-electron chi connectivity index (χ1n) is 6.42. The Morgan fingerprint density at radius 2 is 2.00 bits per heavy atom. The number of nitrogens with two attached hydrogens (primary N) is 1. The molecule has 0 amide bonds. The molecular weight excluding hydrogens is 360 g/mol. The summed E-state index contributed by atoms with van der Waals surface area (Å²) in [6.07, 6.45) is 1.53. The molecule has 22 heavy (non-hydrogen) atoms. The lowest BCUT2D eigenvalue weighted by Crippen LogP contribution is -2.06. The lowest BCUT2D eigenvalue weighted by atomic mass is 10.1. The van der Waals surface area contributed by atoms with Crippen LogP contribution in [0.3, 0.4) is 0 Å². The Balaban J connectivity index is 1.99. The predicted molar refractivity (Wildman–Crippen MR) is 95.8 cm³/mol. The normalized spacial score (nSPS) is 11.5. The van der Waals surface area contributed by atoms with E-state index in [1.54, 1.807) is 6.07 Å². The van der Waals surface area contributed by atoms with Crippen molar-refractivity contribution in [1.82, 2.24) is 0 Å². The minimum absolute atomic E-state index is 0.383. The number of hydrogen-bond donors (Lipinski definition) is 1. The van der Waals surface area contributed by atoms with Crippen LogP contribution < -0.4 is 5.73 Å². The van der Waals surface area contributed by atoms with Crippen molar-refractivity contribution in [3.63, 3.8) is 0 Å². The van der Waals surface area contributed by atoms with Crippen molar-refractivity contribution in [2.24, 2.45) is 15.9 Å². The molecule has 0 fully saturated rings. The number of rotatable bonds is 4. The van der Waals surface area contributed by atoms with Gasteiger partial charge in [-0.05, 0) is 27.6 Å². The first kappa shape index (κ1) is 16.3. The van der Waals surface area contributed by atoms with E-state index in [-0.39, 0.29) is 0 Å². The van der Waals surface area contributed by atoms with E-state index in [1.807, 2.05) is 42.5 Å². The maximum atomic E-state index is 9.11. The summed E-state index contributed by atoms with van der Waals surface area (Å²) in [5, 5.41) is 17.4. The van der Waals surface area contributed by atoms with Crippen LogP contribution in [0.5, 0.6) is 0 Å². The van der Waals surface area contributed by atoms with Crippen molar-refractivity contribution in [3.8, 4) is 6.07 Å². The van der Waals surface area contributed by atoms with Gasteiger partial charge in [0.2, 0.25) is 0 Å². The molecule has 2 aromatic rings. The molecule has 0 aliphatic carbocycles. The highest BCUT2D eigenvalue weighted by molar-refractivity contribution is 9.10. The summed E-state index contributed by atoms with van der Waals surface area (Å²) in [5.41, 5.74) is 8.21. The van der Waals surface area contributed by atoms with Gasteiger partial charge in [-0.15, -0.1) is 5.10 Å². The van der Waals surface area contributed by atoms with Gasteiger partial charge >= 0.3 is 0 Å². The molecule has 0 heterocycles. The molecule has 2 aromatic carbocycles. The van der Waals surface area contributed by atoms with E-state index in [4.69, 9.17) is 11.0 Å². The third kappa shape index (κ3) is 4.72. The van der Waals surface area contributed by atoms with Gasteiger partial charge in [0.1, 0.15) is 6.07 Å². The zero-order valence-corrected chi connectivity index (χ0v) is 14.0. The third-order valence-electron chi connectivity index (χ3n) is 2.74. The van der Waals surface area contributed by atoms with E-state index in [0.29, 0.717) is 16.3 Å². The topological polar surface area (TPSA) is 74.5 Å². The lowest BCUT2D eigenvalue weighted by Gasteiger charge is -2.00. The number of halogens is 1. The fourth-order valence-electron chi connectivity index (χ4n) is 1.67. The predicted octanol–water partition coefficient (Wildman–Crippen LogP) is 3.90. The maximum absolute atomic E-state index is 9.11. The second-order valence-electron chi connectivity index (χ2n) is 4.27. The molecule has 4 nitrogen and oxygen atoms in total. The SMILES string of the molecule is N#Cc1c(Br)cccc1C=NN=C(N)SCc1ccccc1. The second-order valence-corrected chi connectivity index (χ2v) is 6.12. The van der Waals surface area contributed by atoms with Gasteiger partial charge in [0, 0.05) is 15.8 Å². The molecule has 0 spiro atoms. The molecule has 110 valence electrons. The van der Waals surface area contributed by atoms with Crippen LogP contribution in [0, 0.1) is 11.3 Å². The van der Waals surface area contributed by atoms with Crippen LogP contribution in [0.15, 0.2) is 63.2 Å². The van der Waals surface area contributed by atoms with Crippen molar-refractivity contribution in [2.45, 2.75) is 5.75 Å². The molecule has 0 aliphatic heterocycles. The second kappa shape index (κ2) is 8.37. The summed E-state index contributed by atoms with van der Waals surface area (Å²) < 4.78 is 0.731. The fraction of sp³-hybridized carbons (Fsp3) is 0.0625. The minimum Gasteiger partial charge on any atom is -0.377 e. The van der Waals surface area contributed by atoms with E-state index >= 15 is 0 Å². The van der Waals surface area contributed by atoms with Crippen LogP contribution in [-0.4, -0.2) is 11.4 Å². The number of thioether (sulfide) groups is 1. The van der Waals surface area contributed by atoms with Gasteiger partial charge in [0.25, 0.3) is 0 Å². The van der Waals surface area contributed by atoms with E-state index in [2.05, 4.69) is 32.2 Å². The monoisotopic (exact) mass is 372 g/mol. The molecular formula is C16H13BrN4S. The van der Waals surface area contributed by atoms with Crippen molar-refractivity contribution in [1.29, 1.82) is 5.26 Å². The summed E-state index contributed by atoms with van der Waals surface area (Å²) >= 11 is 4.75. The first-order chi connectivity index (χ1) is 10.7. The van der Waals surface area contributed by atoms with Crippen molar-refractivity contribution in [2.75, 3.05) is 0 Å². The molecule has 0 bridgehead atoms. The Bertz CT molecular complexity index is 736. The van der Waals surface area contributed by atoms with Crippen molar-refractivity contribution < 1.29 is 0 Å². The molecule has 2 rings (SSSR count). The molecule has 0 saturated heterocycles. The molecule has 6 heteroatoms. The Morgan fingerprint density at radius 3 is 2.73 bits per heavy atom. The molecule has 0 atom stereocenters. The minimum atomic E-state index is 0.383. The van der Waals surface area contributed by atoms with Crippen molar-refractivity contribution in [3.05, 3.63) is 69.7 Å². The highest BCUT2D eigenvalue weighted by Gasteiger charge is 2.03. The van der Waals surface area contributed by atoms with E-state index < -0.39 is 0 Å². The highest BCUT2D eigenvalue weighted by Crippen LogP contribution is 2.18. The molecule has 2 N–H and O–H groups in total. The molecule has 0 radical (unpaired) electrons. The first-order valence-corrected chi connectivity index (χ1v) is 8.20. The Labute approximate surface area is 141 Å². The summed E-state index contributed by atoms with van der Waals surface area (Å²) in [7, 11) is 0. The Kier molecular flexibility index (Phi) is 6.19. The quantitative estimate of drug-likeness (QED) is 0.502. The van der Waals surface area contributed by atoms with E-state index in [1.165, 1.54) is 23.5 Å². The molecule has 0 aliphatic rings. The maximum Gasteiger partial charge on any atom is 0.180 e. The summed E-state index contributed by atoms with van der Waals surface area (Å²) in [4.78, 5) is 0. The van der Waals surface area contributed by atoms with Crippen molar-refractivity contribution >= 4 is 39.1 Å². The van der Waals surface area contributed by atoms with Crippen LogP contribution in [0.1, 0.15) is 16.7 Å². The standard InChI is InChI=1S/C16H13BrN4S/c17-15-8-4-7-13(14(15)9-18)10-20-21-16(19)22-11-12-5-2-1-3-6-12/h1-8,10H,11H2,(H2,19,21). The average Bonchev–Trinajstić information content (AvgIpc) is 2.54. The van der Waals surface area contributed by atoms with Gasteiger partial charge in [0.05, 0.1) is 11.8 Å². The smallest absolute Gasteiger partial charge is 0.180 e. The van der Waals surface area contributed by atoms with Gasteiger partial charge in [-0.1, -0.05) is 54.2 Å². The van der Waals surface area contributed by atoms with Crippen LogP contribution in [-0.2, 0) is 5.75 Å². The van der Waals surface area contributed by atoms with Gasteiger partial charge in [-0.3, -0.25) is 0 Å².